The van der Waals surface area contributed by atoms with Gasteiger partial charge >= 0.3 is 6.18 Å². The second-order valence-corrected chi connectivity index (χ2v) is 5.10. The summed E-state index contributed by atoms with van der Waals surface area (Å²) in [5, 5.41) is 3.75. The fourth-order valence-electron chi connectivity index (χ4n) is 1.59. The normalized spacial score (nSPS) is 11.5. The van der Waals surface area contributed by atoms with Gasteiger partial charge in [-0.15, -0.1) is 0 Å². The van der Waals surface area contributed by atoms with Gasteiger partial charge in [-0.05, 0) is 17.7 Å². The van der Waals surface area contributed by atoms with E-state index in [2.05, 4.69) is 9.84 Å². The van der Waals surface area contributed by atoms with Crippen molar-refractivity contribution in [2.45, 2.75) is 12.7 Å². The van der Waals surface area contributed by atoms with Gasteiger partial charge in [-0.1, -0.05) is 35.3 Å². The molecule has 1 aromatic heterocycles. The van der Waals surface area contributed by atoms with Gasteiger partial charge < -0.3 is 4.74 Å². The highest BCUT2D eigenvalue weighted by Gasteiger charge is 2.28. The van der Waals surface area contributed by atoms with Gasteiger partial charge in [-0.3, -0.25) is 4.79 Å². The average Bonchev–Trinajstić information content (AvgIpc) is 2.46. The number of alkyl halides is 3. The average molecular weight is 353 g/mol. The predicted octanol–water partition coefficient (Wildman–Crippen LogP) is 3.54. The van der Waals surface area contributed by atoms with Crippen LogP contribution in [0.15, 0.2) is 35.3 Å². The van der Waals surface area contributed by atoms with Crippen LogP contribution in [0.25, 0.3) is 0 Å². The lowest BCUT2D eigenvalue weighted by molar-refractivity contribution is -0.153. The van der Waals surface area contributed by atoms with Crippen molar-refractivity contribution in [1.82, 2.24) is 9.78 Å². The van der Waals surface area contributed by atoms with E-state index in [0.29, 0.717) is 5.56 Å². The summed E-state index contributed by atoms with van der Waals surface area (Å²) in [6.45, 7) is -1.25. The topological polar surface area (TPSA) is 44.1 Å². The monoisotopic (exact) mass is 352 g/mol. The van der Waals surface area contributed by atoms with Crippen LogP contribution in [-0.2, 0) is 6.54 Å². The molecule has 2 rings (SSSR count). The molecule has 4 nitrogen and oxygen atoms in total. The van der Waals surface area contributed by atoms with Gasteiger partial charge in [0.1, 0.15) is 10.8 Å². The number of aromatic nitrogens is 2. The molecule has 0 radical (unpaired) electrons. The summed E-state index contributed by atoms with van der Waals surface area (Å²) in [5.41, 5.74) is 0.0962. The zero-order chi connectivity index (χ0) is 16.3. The van der Waals surface area contributed by atoms with E-state index >= 15 is 0 Å². The molecule has 0 aliphatic carbocycles. The zero-order valence-corrected chi connectivity index (χ0v) is 12.4. The molecule has 9 heteroatoms. The van der Waals surface area contributed by atoms with Crippen molar-refractivity contribution in [3.8, 4) is 5.75 Å². The Hall–Kier alpha value is -1.73. The third kappa shape index (κ3) is 4.38. The van der Waals surface area contributed by atoms with E-state index in [4.69, 9.17) is 23.2 Å². The minimum Gasteiger partial charge on any atom is -0.484 e. The first-order valence-corrected chi connectivity index (χ1v) is 6.71. The van der Waals surface area contributed by atoms with Crippen LogP contribution in [0.2, 0.25) is 10.0 Å². The van der Waals surface area contributed by atoms with E-state index in [9.17, 15) is 18.0 Å². The summed E-state index contributed by atoms with van der Waals surface area (Å²) < 4.78 is 41.8. The smallest absolute Gasteiger partial charge is 0.422 e. The van der Waals surface area contributed by atoms with Crippen molar-refractivity contribution >= 4 is 23.2 Å². The number of hydrogen-bond donors (Lipinski definition) is 0. The number of benzene rings is 1. The first-order chi connectivity index (χ1) is 10.3. The molecule has 1 aromatic carbocycles. The summed E-state index contributed by atoms with van der Waals surface area (Å²) in [4.78, 5) is 11.8. The van der Waals surface area contributed by atoms with Crippen molar-refractivity contribution in [1.29, 1.82) is 0 Å². The Morgan fingerprint density at radius 2 is 1.82 bits per heavy atom. The molecule has 0 aliphatic rings. The lowest BCUT2D eigenvalue weighted by atomic mass is 10.2. The standard InChI is InChI=1S/C13H9Cl2F3N2O2/c14-10-5-19-20(12(21)11(10)15)6-8-1-3-9(4-2-8)22-7-13(16,17)18/h1-5H,6-7H2. The molecule has 0 bridgehead atoms. The van der Waals surface area contributed by atoms with E-state index < -0.39 is 18.3 Å². The molecule has 0 aliphatic heterocycles. The van der Waals surface area contributed by atoms with Crippen LogP contribution in [0.4, 0.5) is 13.2 Å². The number of ether oxygens (including phenoxy) is 1. The van der Waals surface area contributed by atoms with Gasteiger partial charge in [-0.2, -0.15) is 18.3 Å². The second kappa shape index (κ2) is 6.58. The van der Waals surface area contributed by atoms with Gasteiger partial charge in [0.2, 0.25) is 0 Å². The van der Waals surface area contributed by atoms with Crippen LogP contribution in [-0.4, -0.2) is 22.6 Å². The maximum absolute atomic E-state index is 12.0. The van der Waals surface area contributed by atoms with Crippen molar-refractivity contribution in [3.63, 3.8) is 0 Å². The van der Waals surface area contributed by atoms with Gasteiger partial charge in [-0.25, -0.2) is 4.68 Å². The molecular formula is C13H9Cl2F3N2O2. The van der Waals surface area contributed by atoms with E-state index in [1.807, 2.05) is 0 Å². The number of hydrogen-bond acceptors (Lipinski definition) is 3. The number of rotatable bonds is 4. The molecular weight excluding hydrogens is 344 g/mol. The van der Waals surface area contributed by atoms with Crippen LogP contribution in [0.1, 0.15) is 5.56 Å². The van der Waals surface area contributed by atoms with Crippen molar-refractivity contribution in [2.24, 2.45) is 0 Å². The maximum Gasteiger partial charge on any atom is 0.422 e. The fourth-order valence-corrected chi connectivity index (χ4v) is 1.86. The zero-order valence-electron chi connectivity index (χ0n) is 10.9. The number of halogens is 5. The van der Waals surface area contributed by atoms with Crippen LogP contribution < -0.4 is 10.3 Å². The molecule has 0 fully saturated rings. The van der Waals surface area contributed by atoms with Crippen LogP contribution in [0.5, 0.6) is 5.75 Å². The second-order valence-electron chi connectivity index (χ2n) is 4.32. The quantitative estimate of drug-likeness (QED) is 0.845. The highest BCUT2D eigenvalue weighted by atomic mass is 35.5. The highest BCUT2D eigenvalue weighted by molar-refractivity contribution is 6.41. The Labute approximate surface area is 133 Å². The first kappa shape index (κ1) is 16.6. The molecule has 0 atom stereocenters. The fraction of sp³-hybridized carbons (Fsp3) is 0.231. The van der Waals surface area contributed by atoms with Crippen molar-refractivity contribution in [2.75, 3.05) is 6.61 Å². The Morgan fingerprint density at radius 1 is 1.18 bits per heavy atom. The van der Waals surface area contributed by atoms with E-state index in [-0.39, 0.29) is 22.3 Å². The van der Waals surface area contributed by atoms with Crippen LogP contribution in [0, 0.1) is 0 Å². The molecule has 0 N–H and O–H groups in total. The summed E-state index contributed by atoms with van der Waals surface area (Å²) in [7, 11) is 0. The molecule has 1 heterocycles. The Balaban J connectivity index is 2.09. The first-order valence-electron chi connectivity index (χ1n) is 5.96. The lowest BCUT2D eigenvalue weighted by Crippen LogP contribution is -2.23. The minimum absolute atomic E-state index is 0.0545. The van der Waals surface area contributed by atoms with E-state index in [1.165, 1.54) is 30.5 Å². The molecule has 0 amide bonds. The van der Waals surface area contributed by atoms with Crippen LogP contribution >= 0.6 is 23.2 Å². The summed E-state index contributed by atoms with van der Waals surface area (Å²) in [6, 6.07) is 5.82. The molecule has 0 saturated carbocycles. The molecule has 0 unspecified atom stereocenters. The summed E-state index contributed by atoms with van der Waals surface area (Å²) in [6.07, 6.45) is -3.15. The van der Waals surface area contributed by atoms with Crippen LogP contribution in [0.3, 0.4) is 0 Å². The van der Waals surface area contributed by atoms with Gasteiger partial charge in [0.25, 0.3) is 5.56 Å². The van der Waals surface area contributed by atoms with Gasteiger partial charge in [0.05, 0.1) is 17.8 Å². The molecule has 0 spiro atoms. The minimum atomic E-state index is -4.39. The van der Waals surface area contributed by atoms with Gasteiger partial charge in [0, 0.05) is 0 Å². The van der Waals surface area contributed by atoms with Gasteiger partial charge in [0.15, 0.2) is 6.61 Å². The molecule has 2 aromatic rings. The Bertz CT molecular complexity index is 715. The Kier molecular flexibility index (Phi) is 4.97. The lowest BCUT2D eigenvalue weighted by Gasteiger charge is -2.10. The van der Waals surface area contributed by atoms with Crippen molar-refractivity contribution < 1.29 is 17.9 Å². The molecule has 22 heavy (non-hydrogen) atoms. The summed E-state index contributed by atoms with van der Waals surface area (Å²) >= 11 is 11.4. The van der Waals surface area contributed by atoms with Crippen molar-refractivity contribution in [3.05, 3.63) is 56.4 Å². The SMILES string of the molecule is O=c1c(Cl)c(Cl)cnn1Cc1ccc(OCC(F)(F)F)cc1. The highest BCUT2D eigenvalue weighted by Crippen LogP contribution is 2.19. The number of nitrogens with zero attached hydrogens (tertiary/aromatic N) is 2. The Morgan fingerprint density at radius 3 is 2.41 bits per heavy atom. The molecule has 118 valence electrons. The molecule has 0 saturated heterocycles. The predicted molar refractivity (Wildman–Crippen MR) is 75.6 cm³/mol. The third-order valence-electron chi connectivity index (χ3n) is 2.60. The summed E-state index contributed by atoms with van der Waals surface area (Å²) in [5.74, 6) is 0.0792. The maximum atomic E-state index is 12.0. The largest absolute Gasteiger partial charge is 0.484 e. The van der Waals surface area contributed by atoms with E-state index in [1.54, 1.807) is 0 Å². The van der Waals surface area contributed by atoms with E-state index in [0.717, 1.165) is 4.68 Å². The third-order valence-corrected chi connectivity index (χ3v) is 3.35.